The summed E-state index contributed by atoms with van der Waals surface area (Å²) in [5, 5.41) is 4.68. The Labute approximate surface area is 142 Å². The zero-order chi connectivity index (χ0) is 16.9. The first kappa shape index (κ1) is 16.1. The van der Waals surface area contributed by atoms with E-state index in [0.29, 0.717) is 6.61 Å². The van der Waals surface area contributed by atoms with Crippen molar-refractivity contribution in [1.82, 2.24) is 9.78 Å². The van der Waals surface area contributed by atoms with Crippen molar-refractivity contribution in [1.29, 1.82) is 0 Å². The number of hydrogen-bond acceptors (Lipinski definition) is 3. The summed E-state index contributed by atoms with van der Waals surface area (Å²) in [5.74, 6) is 1.71. The summed E-state index contributed by atoms with van der Waals surface area (Å²) in [5.41, 5.74) is 4.02. The molecule has 4 nitrogen and oxygen atoms in total. The molecule has 3 aromatic rings. The van der Waals surface area contributed by atoms with Crippen molar-refractivity contribution in [2.45, 2.75) is 13.3 Å². The van der Waals surface area contributed by atoms with Gasteiger partial charge < -0.3 is 9.47 Å². The number of rotatable bonds is 6. The van der Waals surface area contributed by atoms with Gasteiger partial charge in [-0.1, -0.05) is 31.2 Å². The number of ether oxygens (including phenoxy) is 2. The summed E-state index contributed by atoms with van der Waals surface area (Å²) in [6, 6.07) is 18.1. The lowest BCUT2D eigenvalue weighted by molar-refractivity contribution is 0.318. The van der Waals surface area contributed by atoms with Gasteiger partial charge in [-0.2, -0.15) is 5.10 Å². The van der Waals surface area contributed by atoms with E-state index >= 15 is 0 Å². The van der Waals surface area contributed by atoms with Gasteiger partial charge in [0, 0.05) is 18.2 Å². The number of aryl methyl sites for hydroxylation is 1. The van der Waals surface area contributed by atoms with Gasteiger partial charge in [-0.3, -0.25) is 4.68 Å². The Morgan fingerprint density at radius 1 is 1.04 bits per heavy atom. The van der Waals surface area contributed by atoms with Crippen LogP contribution in [0.25, 0.3) is 22.5 Å². The molecule has 2 aromatic carbocycles. The lowest BCUT2D eigenvalue weighted by Gasteiger charge is -2.08. The second-order valence-corrected chi connectivity index (χ2v) is 5.62. The average Bonchev–Trinajstić information content (AvgIpc) is 3.02. The molecule has 0 aliphatic rings. The Hall–Kier alpha value is -2.75. The molecule has 0 fully saturated rings. The SMILES string of the molecule is CCCOc1ccccc1-c1cc(-c2cccc(OC)c2)n(C)n1. The molecule has 1 heterocycles. The smallest absolute Gasteiger partial charge is 0.128 e. The lowest BCUT2D eigenvalue weighted by atomic mass is 10.1. The number of aromatic nitrogens is 2. The van der Waals surface area contributed by atoms with Crippen molar-refractivity contribution in [2.75, 3.05) is 13.7 Å². The summed E-state index contributed by atoms with van der Waals surface area (Å²) >= 11 is 0. The molecule has 0 aliphatic heterocycles. The highest BCUT2D eigenvalue weighted by molar-refractivity contribution is 5.73. The van der Waals surface area contributed by atoms with Crippen molar-refractivity contribution >= 4 is 0 Å². The van der Waals surface area contributed by atoms with Gasteiger partial charge in [0.25, 0.3) is 0 Å². The van der Waals surface area contributed by atoms with Gasteiger partial charge in [-0.05, 0) is 36.8 Å². The first-order chi connectivity index (χ1) is 11.7. The second kappa shape index (κ2) is 7.21. The zero-order valence-electron chi connectivity index (χ0n) is 14.3. The topological polar surface area (TPSA) is 36.3 Å². The van der Waals surface area contributed by atoms with Gasteiger partial charge in [-0.15, -0.1) is 0 Å². The Balaban J connectivity index is 2.00. The summed E-state index contributed by atoms with van der Waals surface area (Å²) in [6.07, 6.45) is 0.978. The Morgan fingerprint density at radius 3 is 2.67 bits per heavy atom. The standard InChI is InChI=1S/C20H22N2O2/c1-4-12-24-20-11-6-5-10-17(20)18-14-19(22(2)21-18)15-8-7-9-16(13-15)23-3/h5-11,13-14H,4,12H2,1-3H3. The van der Waals surface area contributed by atoms with E-state index in [2.05, 4.69) is 24.2 Å². The third kappa shape index (κ3) is 3.27. The van der Waals surface area contributed by atoms with E-state index in [1.54, 1.807) is 7.11 Å². The van der Waals surface area contributed by atoms with E-state index in [9.17, 15) is 0 Å². The summed E-state index contributed by atoms with van der Waals surface area (Å²) in [7, 11) is 3.63. The molecule has 4 heteroatoms. The lowest BCUT2D eigenvalue weighted by Crippen LogP contribution is -1.97. The molecule has 0 saturated carbocycles. The fraction of sp³-hybridized carbons (Fsp3) is 0.250. The van der Waals surface area contributed by atoms with Crippen LogP contribution < -0.4 is 9.47 Å². The van der Waals surface area contributed by atoms with Crippen LogP contribution in [0.3, 0.4) is 0 Å². The van der Waals surface area contributed by atoms with Crippen LogP contribution in [0.5, 0.6) is 11.5 Å². The maximum absolute atomic E-state index is 5.86. The minimum absolute atomic E-state index is 0.701. The fourth-order valence-corrected chi connectivity index (χ4v) is 2.67. The molecular weight excluding hydrogens is 300 g/mol. The minimum atomic E-state index is 0.701. The van der Waals surface area contributed by atoms with Crippen LogP contribution in [-0.2, 0) is 7.05 Å². The van der Waals surface area contributed by atoms with Gasteiger partial charge in [0.2, 0.25) is 0 Å². The molecule has 3 rings (SSSR count). The van der Waals surface area contributed by atoms with Gasteiger partial charge in [0.1, 0.15) is 11.5 Å². The van der Waals surface area contributed by atoms with Crippen LogP contribution in [0.1, 0.15) is 13.3 Å². The number of hydrogen-bond donors (Lipinski definition) is 0. The molecule has 0 unspecified atom stereocenters. The van der Waals surface area contributed by atoms with E-state index in [4.69, 9.17) is 9.47 Å². The number of benzene rings is 2. The van der Waals surface area contributed by atoms with Crippen LogP contribution in [-0.4, -0.2) is 23.5 Å². The van der Waals surface area contributed by atoms with Crippen LogP contribution in [0, 0.1) is 0 Å². The largest absolute Gasteiger partial charge is 0.497 e. The van der Waals surface area contributed by atoms with Crippen molar-refractivity contribution < 1.29 is 9.47 Å². The van der Waals surface area contributed by atoms with Gasteiger partial charge in [-0.25, -0.2) is 0 Å². The highest BCUT2D eigenvalue weighted by Gasteiger charge is 2.13. The van der Waals surface area contributed by atoms with Crippen LogP contribution in [0.4, 0.5) is 0 Å². The third-order valence-corrected chi connectivity index (χ3v) is 3.87. The molecule has 24 heavy (non-hydrogen) atoms. The Bertz CT molecular complexity index is 824. The predicted octanol–water partition coefficient (Wildman–Crippen LogP) is 4.55. The van der Waals surface area contributed by atoms with E-state index in [1.807, 2.05) is 54.2 Å². The Morgan fingerprint density at radius 2 is 1.88 bits per heavy atom. The van der Waals surface area contributed by atoms with E-state index in [-0.39, 0.29) is 0 Å². The first-order valence-electron chi connectivity index (χ1n) is 8.13. The number of methoxy groups -OCH3 is 1. The summed E-state index contributed by atoms with van der Waals surface area (Å²) in [6.45, 7) is 2.80. The van der Waals surface area contributed by atoms with Crippen LogP contribution >= 0.6 is 0 Å². The quantitative estimate of drug-likeness (QED) is 0.668. The van der Waals surface area contributed by atoms with Gasteiger partial charge in [0.15, 0.2) is 0 Å². The summed E-state index contributed by atoms with van der Waals surface area (Å²) < 4.78 is 13.1. The average molecular weight is 322 g/mol. The summed E-state index contributed by atoms with van der Waals surface area (Å²) in [4.78, 5) is 0. The van der Waals surface area contributed by atoms with Crippen molar-refractivity contribution in [3.8, 4) is 34.0 Å². The molecule has 0 atom stereocenters. The van der Waals surface area contributed by atoms with E-state index < -0.39 is 0 Å². The molecule has 1 aromatic heterocycles. The van der Waals surface area contributed by atoms with E-state index in [0.717, 1.165) is 40.4 Å². The van der Waals surface area contributed by atoms with Gasteiger partial charge >= 0.3 is 0 Å². The van der Waals surface area contributed by atoms with Crippen LogP contribution in [0.15, 0.2) is 54.6 Å². The predicted molar refractivity (Wildman–Crippen MR) is 96.4 cm³/mol. The highest BCUT2D eigenvalue weighted by Crippen LogP contribution is 2.32. The molecule has 0 N–H and O–H groups in total. The third-order valence-electron chi connectivity index (χ3n) is 3.87. The normalized spacial score (nSPS) is 10.6. The molecular formula is C20H22N2O2. The van der Waals surface area contributed by atoms with Crippen molar-refractivity contribution in [3.63, 3.8) is 0 Å². The molecule has 0 spiro atoms. The molecule has 0 saturated heterocycles. The van der Waals surface area contributed by atoms with Crippen molar-refractivity contribution in [2.24, 2.45) is 7.05 Å². The monoisotopic (exact) mass is 322 g/mol. The molecule has 0 bridgehead atoms. The number of nitrogens with zero attached hydrogens (tertiary/aromatic N) is 2. The zero-order valence-corrected chi connectivity index (χ0v) is 14.3. The van der Waals surface area contributed by atoms with E-state index in [1.165, 1.54) is 0 Å². The number of para-hydroxylation sites is 1. The molecule has 0 amide bonds. The molecule has 0 radical (unpaired) electrons. The van der Waals surface area contributed by atoms with Crippen LogP contribution in [0.2, 0.25) is 0 Å². The molecule has 0 aliphatic carbocycles. The maximum atomic E-state index is 5.86. The maximum Gasteiger partial charge on any atom is 0.128 e. The highest BCUT2D eigenvalue weighted by atomic mass is 16.5. The molecule has 124 valence electrons. The fourth-order valence-electron chi connectivity index (χ4n) is 2.67. The second-order valence-electron chi connectivity index (χ2n) is 5.62. The minimum Gasteiger partial charge on any atom is -0.497 e. The van der Waals surface area contributed by atoms with Gasteiger partial charge in [0.05, 0.1) is 25.1 Å². The first-order valence-corrected chi connectivity index (χ1v) is 8.13. The Kier molecular flexibility index (Phi) is 4.85. The van der Waals surface area contributed by atoms with Crippen molar-refractivity contribution in [3.05, 3.63) is 54.6 Å².